The molecule has 9 aromatic rings. The Kier molecular flexibility index (Phi) is 6.27. The van der Waals surface area contributed by atoms with Crippen LogP contribution in [-0.2, 0) is 16.2 Å². The van der Waals surface area contributed by atoms with E-state index in [1.807, 2.05) is 17.4 Å². The first-order valence-electron chi connectivity index (χ1n) is 20.9. The maximum atomic E-state index is 7.74. The lowest BCUT2D eigenvalue weighted by atomic mass is 9.41. The molecule has 0 N–H and O–H groups in total. The summed E-state index contributed by atoms with van der Waals surface area (Å²) in [6.07, 6.45) is 7.85. The van der Waals surface area contributed by atoms with Gasteiger partial charge in [-0.15, -0.1) is 11.3 Å². The number of rotatable bonds is 3. The van der Waals surface area contributed by atoms with Gasteiger partial charge in [-0.25, -0.2) is 4.85 Å². The highest BCUT2D eigenvalue weighted by molar-refractivity contribution is 7.26. The minimum absolute atomic E-state index is 0.0551. The van der Waals surface area contributed by atoms with Crippen molar-refractivity contribution in [1.29, 1.82) is 0 Å². The molecular formula is C54H42N2S. The van der Waals surface area contributed by atoms with E-state index >= 15 is 0 Å². The fourth-order valence-electron chi connectivity index (χ4n) is 13.4. The second-order valence-corrected chi connectivity index (χ2v) is 19.8. The van der Waals surface area contributed by atoms with Crippen LogP contribution in [0.25, 0.3) is 74.4 Å². The predicted molar refractivity (Wildman–Crippen MR) is 239 cm³/mol. The van der Waals surface area contributed by atoms with E-state index in [-0.39, 0.29) is 16.2 Å². The highest BCUT2D eigenvalue weighted by Gasteiger charge is 2.59. The topological polar surface area (TPSA) is 9.29 Å². The number of hydrogen-bond acceptors (Lipinski definition) is 1. The Labute approximate surface area is 337 Å². The maximum Gasteiger partial charge on any atom is 0.187 e. The zero-order chi connectivity index (χ0) is 37.8. The zero-order valence-corrected chi connectivity index (χ0v) is 33.2. The monoisotopic (exact) mass is 750 g/mol. The molecule has 2 nitrogen and oxygen atoms in total. The Bertz CT molecular complexity index is 3260. The summed E-state index contributed by atoms with van der Waals surface area (Å²) in [4.78, 5) is 3.82. The van der Waals surface area contributed by atoms with E-state index in [4.69, 9.17) is 6.57 Å². The van der Waals surface area contributed by atoms with Crippen molar-refractivity contribution in [3.8, 4) is 16.8 Å². The molecule has 5 aliphatic carbocycles. The number of thiophene rings is 1. The number of benzene rings is 7. The summed E-state index contributed by atoms with van der Waals surface area (Å²) in [5.41, 5.74) is 13.4. The number of para-hydroxylation sites is 1. The third-order valence-electron chi connectivity index (χ3n) is 15.4. The largest absolute Gasteiger partial charge is 0.309 e. The fraction of sp³-hybridized carbons (Fsp3) is 0.241. The molecule has 0 spiro atoms. The van der Waals surface area contributed by atoms with Gasteiger partial charge in [0.25, 0.3) is 0 Å². The first kappa shape index (κ1) is 32.4. The standard InChI is InChI=1S/C54H42N2S/c1-52(2)44-20-16-36(25-42(44)43-26-37(55-3)17-21-45(43)52)54-29-32-23-33(30-54)28-53(27-32,31-54)35-15-18-38-34(24-35)9-8-13-46(38)56-47-12-6-4-11-41(47)50-48(56)22-19-40-39-10-5-7-14-49(39)57-51(40)50/h4-22,24-26,32-33H,23,27-31H2,1-2H3. The average molecular weight is 751 g/mol. The van der Waals surface area contributed by atoms with Crippen molar-refractivity contribution in [2.24, 2.45) is 11.8 Å². The summed E-state index contributed by atoms with van der Waals surface area (Å²) in [5.74, 6) is 1.53. The Morgan fingerprint density at radius 2 is 1.30 bits per heavy atom. The molecule has 274 valence electrons. The average Bonchev–Trinajstić information content (AvgIpc) is 3.85. The Hall–Kier alpha value is -5.69. The van der Waals surface area contributed by atoms with Gasteiger partial charge in [-0.05, 0) is 130 Å². The van der Waals surface area contributed by atoms with E-state index in [0.717, 1.165) is 17.5 Å². The molecule has 2 aromatic heterocycles. The smallest absolute Gasteiger partial charge is 0.187 e. The Morgan fingerprint density at radius 1 is 0.614 bits per heavy atom. The van der Waals surface area contributed by atoms with E-state index < -0.39 is 0 Å². The summed E-state index contributed by atoms with van der Waals surface area (Å²) in [5, 5.41) is 8.05. The van der Waals surface area contributed by atoms with Crippen LogP contribution in [-0.4, -0.2) is 4.57 Å². The van der Waals surface area contributed by atoms with Gasteiger partial charge in [0.05, 0.1) is 23.3 Å². The molecule has 0 saturated heterocycles. The molecule has 3 heteroatoms. The first-order valence-corrected chi connectivity index (χ1v) is 21.7. The van der Waals surface area contributed by atoms with E-state index in [1.54, 1.807) is 11.1 Å². The van der Waals surface area contributed by atoms with Crippen molar-refractivity contribution in [3.63, 3.8) is 0 Å². The van der Waals surface area contributed by atoms with Crippen molar-refractivity contribution in [3.05, 3.63) is 167 Å². The highest BCUT2D eigenvalue weighted by atomic mass is 32.1. The van der Waals surface area contributed by atoms with Crippen molar-refractivity contribution >= 4 is 69.8 Å². The molecule has 0 aliphatic heterocycles. The van der Waals surface area contributed by atoms with Crippen LogP contribution in [0.2, 0.25) is 0 Å². The molecule has 2 unspecified atom stereocenters. The van der Waals surface area contributed by atoms with Gasteiger partial charge >= 0.3 is 0 Å². The lowest BCUT2D eigenvalue weighted by molar-refractivity contribution is -0.0280. The van der Waals surface area contributed by atoms with Gasteiger partial charge in [0.15, 0.2) is 5.69 Å². The second-order valence-electron chi connectivity index (χ2n) is 18.7. The van der Waals surface area contributed by atoms with Crippen LogP contribution in [0.3, 0.4) is 0 Å². The first-order chi connectivity index (χ1) is 27.8. The molecule has 57 heavy (non-hydrogen) atoms. The fourth-order valence-corrected chi connectivity index (χ4v) is 14.6. The van der Waals surface area contributed by atoms with Gasteiger partial charge in [-0.3, -0.25) is 0 Å². The molecule has 7 aromatic carbocycles. The third-order valence-corrected chi connectivity index (χ3v) is 16.6. The molecule has 2 atom stereocenters. The second kappa shape index (κ2) is 11.0. The molecule has 0 amide bonds. The van der Waals surface area contributed by atoms with Gasteiger partial charge in [0.1, 0.15) is 0 Å². The SMILES string of the molecule is [C-]#[N+]c1ccc2c(c1)-c1cc(C34CC5CC(C3)CC(c3ccc6c(-n7c8ccccc8c8c9sc%10ccccc%10c9ccc87)cccc6c3)(C5)C4)ccc1C2(C)C. The van der Waals surface area contributed by atoms with Crippen molar-refractivity contribution < 1.29 is 0 Å². The molecule has 4 bridgehead atoms. The summed E-state index contributed by atoms with van der Waals surface area (Å²) < 4.78 is 5.26. The normalized spacial score (nSPS) is 24.2. The van der Waals surface area contributed by atoms with Crippen LogP contribution in [0.4, 0.5) is 5.69 Å². The summed E-state index contributed by atoms with van der Waals surface area (Å²) in [6.45, 7) is 12.4. The third kappa shape index (κ3) is 4.25. The van der Waals surface area contributed by atoms with Gasteiger partial charge in [0.2, 0.25) is 0 Å². The molecule has 14 rings (SSSR count). The van der Waals surface area contributed by atoms with E-state index in [0.29, 0.717) is 0 Å². The minimum Gasteiger partial charge on any atom is -0.309 e. The molecule has 4 saturated carbocycles. The zero-order valence-electron chi connectivity index (χ0n) is 32.4. The number of nitrogens with zero attached hydrogens (tertiary/aromatic N) is 2. The van der Waals surface area contributed by atoms with Gasteiger partial charge in [-0.1, -0.05) is 117 Å². The molecule has 0 radical (unpaired) electrons. The predicted octanol–water partition coefficient (Wildman–Crippen LogP) is 15.0. The van der Waals surface area contributed by atoms with Gasteiger partial charge in [0, 0.05) is 41.7 Å². The Balaban J connectivity index is 0.939. The summed E-state index contributed by atoms with van der Waals surface area (Å²) in [7, 11) is 0. The van der Waals surface area contributed by atoms with Crippen molar-refractivity contribution in [1.82, 2.24) is 4.57 Å². The van der Waals surface area contributed by atoms with Crippen molar-refractivity contribution in [2.75, 3.05) is 0 Å². The van der Waals surface area contributed by atoms with Gasteiger partial charge < -0.3 is 4.57 Å². The lowest BCUT2D eigenvalue weighted by Crippen LogP contribution is -2.55. The van der Waals surface area contributed by atoms with Crippen LogP contribution in [0, 0.1) is 18.4 Å². The number of hydrogen-bond donors (Lipinski definition) is 0. The van der Waals surface area contributed by atoms with Crippen LogP contribution in [0.5, 0.6) is 0 Å². The van der Waals surface area contributed by atoms with E-state index in [9.17, 15) is 0 Å². The Morgan fingerprint density at radius 3 is 2.11 bits per heavy atom. The van der Waals surface area contributed by atoms with Crippen LogP contribution in [0.15, 0.2) is 133 Å². The van der Waals surface area contributed by atoms with Crippen LogP contribution in [0.1, 0.15) is 74.6 Å². The molecular weight excluding hydrogens is 709 g/mol. The maximum absolute atomic E-state index is 7.74. The summed E-state index contributed by atoms with van der Waals surface area (Å²) >= 11 is 1.93. The van der Waals surface area contributed by atoms with Gasteiger partial charge in [-0.2, -0.15) is 0 Å². The van der Waals surface area contributed by atoms with Crippen LogP contribution >= 0.6 is 11.3 Å². The van der Waals surface area contributed by atoms with Crippen molar-refractivity contribution in [2.45, 2.75) is 68.6 Å². The summed E-state index contributed by atoms with van der Waals surface area (Å²) in [6, 6.07) is 51.0. The molecule has 5 aliphatic rings. The minimum atomic E-state index is -0.0551. The van der Waals surface area contributed by atoms with Crippen LogP contribution < -0.4 is 0 Å². The van der Waals surface area contributed by atoms with E-state index in [2.05, 4.69) is 151 Å². The van der Waals surface area contributed by atoms with E-state index in [1.165, 1.54) is 119 Å². The molecule has 4 fully saturated rings. The molecule has 2 heterocycles. The lowest BCUT2D eigenvalue weighted by Gasteiger charge is -2.63. The quantitative estimate of drug-likeness (QED) is 0.159. The number of fused-ring (bicyclic) bond motifs is 11. The number of aromatic nitrogens is 1. The highest BCUT2D eigenvalue weighted by Crippen LogP contribution is 2.67.